The van der Waals surface area contributed by atoms with Crippen LogP contribution in [0.25, 0.3) is 0 Å². The van der Waals surface area contributed by atoms with Crippen molar-refractivity contribution < 1.29 is 0 Å². The Morgan fingerprint density at radius 2 is 2.31 bits per heavy atom. The number of nitrogens with two attached hydrogens (primary N) is 1. The highest BCUT2D eigenvalue weighted by Crippen LogP contribution is 2.12. The molecule has 0 unspecified atom stereocenters. The number of thiophene rings is 1. The summed E-state index contributed by atoms with van der Waals surface area (Å²) in [6, 6.07) is 4.28. The van der Waals surface area contributed by atoms with Crippen LogP contribution in [-0.2, 0) is 6.54 Å². The fourth-order valence-electron chi connectivity index (χ4n) is 1.62. The standard InChI is InChI=1S/C12H21N3S/c1-2-15(8-4-3-7-12(13)14)10-11-6-5-9-16-11/h5-6,9H,2-4,7-8,10H2,1H3,(H3,13,14). The Bertz CT molecular complexity index is 295. The van der Waals surface area contributed by atoms with E-state index in [1.165, 1.54) is 4.88 Å². The third-order valence-electron chi connectivity index (χ3n) is 2.58. The second-order valence-corrected chi connectivity index (χ2v) is 4.96. The largest absolute Gasteiger partial charge is 0.388 e. The van der Waals surface area contributed by atoms with Gasteiger partial charge in [0.1, 0.15) is 0 Å². The van der Waals surface area contributed by atoms with Crippen molar-refractivity contribution in [2.75, 3.05) is 13.1 Å². The molecule has 0 aliphatic heterocycles. The number of hydrogen-bond donors (Lipinski definition) is 2. The van der Waals surface area contributed by atoms with E-state index in [1.807, 2.05) is 11.3 Å². The lowest BCUT2D eigenvalue weighted by Gasteiger charge is -2.19. The fraction of sp³-hybridized carbons (Fsp3) is 0.583. The zero-order valence-electron chi connectivity index (χ0n) is 9.91. The van der Waals surface area contributed by atoms with E-state index in [9.17, 15) is 0 Å². The molecule has 3 nitrogen and oxygen atoms in total. The molecule has 0 saturated heterocycles. The van der Waals surface area contributed by atoms with Gasteiger partial charge in [0.25, 0.3) is 0 Å². The molecule has 90 valence electrons. The zero-order chi connectivity index (χ0) is 11.8. The van der Waals surface area contributed by atoms with E-state index in [0.29, 0.717) is 5.84 Å². The molecule has 0 aromatic carbocycles. The molecule has 0 fully saturated rings. The van der Waals surface area contributed by atoms with Crippen molar-refractivity contribution in [2.24, 2.45) is 5.73 Å². The van der Waals surface area contributed by atoms with Gasteiger partial charge < -0.3 is 5.73 Å². The van der Waals surface area contributed by atoms with E-state index < -0.39 is 0 Å². The molecule has 3 N–H and O–H groups in total. The molecule has 1 rings (SSSR count). The molecule has 0 spiro atoms. The van der Waals surface area contributed by atoms with Crippen LogP contribution >= 0.6 is 11.3 Å². The smallest absolute Gasteiger partial charge is 0.0905 e. The van der Waals surface area contributed by atoms with E-state index in [0.717, 1.165) is 38.9 Å². The summed E-state index contributed by atoms with van der Waals surface area (Å²) in [5.74, 6) is 0.307. The second kappa shape index (κ2) is 7.41. The molecule has 0 aliphatic rings. The second-order valence-electron chi connectivity index (χ2n) is 3.93. The summed E-state index contributed by atoms with van der Waals surface area (Å²) >= 11 is 1.81. The highest BCUT2D eigenvalue weighted by atomic mass is 32.1. The summed E-state index contributed by atoms with van der Waals surface area (Å²) < 4.78 is 0. The molecule has 0 radical (unpaired) electrons. The van der Waals surface area contributed by atoms with Crippen molar-refractivity contribution in [1.82, 2.24) is 4.90 Å². The first kappa shape index (κ1) is 13.2. The van der Waals surface area contributed by atoms with Gasteiger partial charge in [0.05, 0.1) is 5.84 Å². The first-order chi connectivity index (χ1) is 7.72. The summed E-state index contributed by atoms with van der Waals surface area (Å²) in [6.07, 6.45) is 2.88. The van der Waals surface area contributed by atoms with Crippen LogP contribution in [-0.4, -0.2) is 23.8 Å². The number of rotatable bonds is 8. The molecular weight excluding hydrogens is 218 g/mol. The molecule has 0 bridgehead atoms. The number of hydrogen-bond acceptors (Lipinski definition) is 3. The molecular formula is C12H21N3S. The molecule has 1 aromatic rings. The van der Waals surface area contributed by atoms with Crippen molar-refractivity contribution in [2.45, 2.75) is 32.7 Å². The third kappa shape index (κ3) is 5.28. The van der Waals surface area contributed by atoms with Gasteiger partial charge in [0.15, 0.2) is 0 Å². The fourth-order valence-corrected chi connectivity index (χ4v) is 2.37. The van der Waals surface area contributed by atoms with Gasteiger partial charge in [-0.05, 0) is 37.4 Å². The van der Waals surface area contributed by atoms with Crippen molar-refractivity contribution in [3.05, 3.63) is 22.4 Å². The lowest BCUT2D eigenvalue weighted by atomic mass is 10.2. The number of amidine groups is 1. The molecule has 16 heavy (non-hydrogen) atoms. The van der Waals surface area contributed by atoms with Crippen molar-refractivity contribution >= 4 is 17.2 Å². The average Bonchev–Trinajstić information content (AvgIpc) is 2.75. The van der Waals surface area contributed by atoms with Crippen LogP contribution in [0.2, 0.25) is 0 Å². The number of unbranched alkanes of at least 4 members (excludes halogenated alkanes) is 1. The monoisotopic (exact) mass is 239 g/mol. The lowest BCUT2D eigenvalue weighted by Crippen LogP contribution is -2.23. The molecule has 0 amide bonds. The Kier molecular flexibility index (Phi) is 6.11. The summed E-state index contributed by atoms with van der Waals surface area (Å²) in [5.41, 5.74) is 5.32. The predicted molar refractivity (Wildman–Crippen MR) is 71.0 cm³/mol. The third-order valence-corrected chi connectivity index (χ3v) is 3.44. The van der Waals surface area contributed by atoms with Gasteiger partial charge in [-0.25, -0.2) is 0 Å². The molecule has 0 atom stereocenters. The van der Waals surface area contributed by atoms with E-state index in [1.54, 1.807) is 0 Å². The van der Waals surface area contributed by atoms with Crippen LogP contribution in [0.1, 0.15) is 31.1 Å². The maximum absolute atomic E-state index is 7.15. The Balaban J connectivity index is 2.19. The van der Waals surface area contributed by atoms with Crippen LogP contribution in [0.5, 0.6) is 0 Å². The molecule has 0 saturated carbocycles. The Morgan fingerprint density at radius 1 is 1.50 bits per heavy atom. The van der Waals surface area contributed by atoms with Gasteiger partial charge in [-0.1, -0.05) is 13.0 Å². The minimum absolute atomic E-state index is 0.307. The van der Waals surface area contributed by atoms with E-state index in [2.05, 4.69) is 29.3 Å². The summed E-state index contributed by atoms with van der Waals surface area (Å²) in [5, 5.41) is 9.27. The Labute approximate surface area is 102 Å². The Morgan fingerprint density at radius 3 is 2.88 bits per heavy atom. The van der Waals surface area contributed by atoms with Gasteiger partial charge in [0, 0.05) is 17.8 Å². The van der Waals surface area contributed by atoms with Crippen LogP contribution in [0.4, 0.5) is 0 Å². The predicted octanol–water partition coefficient (Wildman–Crippen LogP) is 2.68. The molecule has 4 heteroatoms. The first-order valence-electron chi connectivity index (χ1n) is 5.80. The van der Waals surface area contributed by atoms with Crippen molar-refractivity contribution in [3.63, 3.8) is 0 Å². The van der Waals surface area contributed by atoms with Crippen molar-refractivity contribution in [3.8, 4) is 0 Å². The topological polar surface area (TPSA) is 53.1 Å². The van der Waals surface area contributed by atoms with E-state index in [4.69, 9.17) is 11.1 Å². The minimum Gasteiger partial charge on any atom is -0.388 e. The average molecular weight is 239 g/mol. The normalized spacial score (nSPS) is 10.9. The highest BCUT2D eigenvalue weighted by Gasteiger charge is 2.04. The summed E-state index contributed by atoms with van der Waals surface area (Å²) in [4.78, 5) is 3.86. The molecule has 0 aliphatic carbocycles. The van der Waals surface area contributed by atoms with Gasteiger partial charge in [-0.3, -0.25) is 10.3 Å². The van der Waals surface area contributed by atoms with Crippen LogP contribution in [0, 0.1) is 5.41 Å². The zero-order valence-corrected chi connectivity index (χ0v) is 10.7. The minimum atomic E-state index is 0.307. The quantitative estimate of drug-likeness (QED) is 0.416. The first-order valence-corrected chi connectivity index (χ1v) is 6.68. The SMILES string of the molecule is CCN(CCCCC(=N)N)Cc1cccs1. The van der Waals surface area contributed by atoms with Gasteiger partial charge in [-0.15, -0.1) is 11.3 Å². The summed E-state index contributed by atoms with van der Waals surface area (Å²) in [6.45, 7) is 5.42. The van der Waals surface area contributed by atoms with Gasteiger partial charge in [0.2, 0.25) is 0 Å². The molecule has 1 heterocycles. The van der Waals surface area contributed by atoms with Crippen LogP contribution in [0.15, 0.2) is 17.5 Å². The number of nitrogens with one attached hydrogen (secondary N) is 1. The van der Waals surface area contributed by atoms with Crippen LogP contribution in [0.3, 0.4) is 0 Å². The Hall–Kier alpha value is -0.870. The molecule has 1 aromatic heterocycles. The van der Waals surface area contributed by atoms with Crippen LogP contribution < -0.4 is 5.73 Å². The van der Waals surface area contributed by atoms with E-state index >= 15 is 0 Å². The van der Waals surface area contributed by atoms with E-state index in [-0.39, 0.29) is 0 Å². The number of nitrogens with zero attached hydrogens (tertiary/aromatic N) is 1. The van der Waals surface area contributed by atoms with Crippen molar-refractivity contribution in [1.29, 1.82) is 5.41 Å². The maximum atomic E-state index is 7.15. The van der Waals surface area contributed by atoms with Gasteiger partial charge in [-0.2, -0.15) is 0 Å². The van der Waals surface area contributed by atoms with Gasteiger partial charge >= 0.3 is 0 Å². The lowest BCUT2D eigenvalue weighted by molar-refractivity contribution is 0.277. The highest BCUT2D eigenvalue weighted by molar-refractivity contribution is 7.09. The summed E-state index contributed by atoms with van der Waals surface area (Å²) in [7, 11) is 0. The maximum Gasteiger partial charge on any atom is 0.0905 e.